The molecule has 0 radical (unpaired) electrons. The first-order valence-corrected chi connectivity index (χ1v) is 9.59. The van der Waals surface area contributed by atoms with E-state index >= 15 is 0 Å². The number of amidine groups is 1. The molecule has 4 rings (SSSR count). The fraction of sp³-hybridized carbons (Fsp3) is 0.438. The molecule has 14 heteroatoms. The number of aliphatic imine (C=N–C) groups is 1. The molecule has 1 aliphatic carbocycles. The minimum atomic E-state index is -4.74. The molecule has 1 fully saturated rings. The number of carbonyl (C=O) groups excluding carboxylic acids is 1. The van der Waals surface area contributed by atoms with Gasteiger partial charge in [-0.25, -0.2) is 9.48 Å². The number of aromatic nitrogens is 2. The predicted molar refractivity (Wildman–Crippen MR) is 92.7 cm³/mol. The summed E-state index contributed by atoms with van der Waals surface area (Å²) in [6.45, 7) is -0.436. The standard InChI is InChI=1S/C16H9ClF6N5OS/c17-10-3-9(15(18,19)20)26-27(10)5-7-2-11(29)28-12(8-1-6(8)4-24)13(16(21,22)23)30-14(28)25-7/h2-3,6,8,13H,1,5H2/q+1/t6-,8+,13?/m0/s1. The van der Waals surface area contributed by atoms with E-state index in [4.69, 9.17) is 16.9 Å². The molecule has 158 valence electrons. The van der Waals surface area contributed by atoms with Crippen LogP contribution in [0.15, 0.2) is 22.8 Å². The van der Waals surface area contributed by atoms with E-state index in [-0.39, 0.29) is 28.2 Å². The molecule has 3 aliphatic rings. The Kier molecular flexibility index (Phi) is 4.77. The second-order valence-electron chi connectivity index (χ2n) is 6.75. The highest BCUT2D eigenvalue weighted by Crippen LogP contribution is 2.48. The maximum atomic E-state index is 13.5. The SMILES string of the molecule is N#C[C@@H]1C[C@H]1C1=[N+]2C(=O)C=C(Cn3nc(C(F)(F)F)cc3Cl)N=C2SC1C(F)(F)F. The fourth-order valence-corrected chi connectivity index (χ4v) is 4.66. The van der Waals surface area contributed by atoms with Gasteiger partial charge in [-0.3, -0.25) is 0 Å². The van der Waals surface area contributed by atoms with Gasteiger partial charge in [0.2, 0.25) is 0 Å². The third-order valence-electron chi connectivity index (χ3n) is 4.66. The number of hydrogen-bond donors (Lipinski definition) is 0. The summed E-state index contributed by atoms with van der Waals surface area (Å²) in [6, 6.07) is 2.50. The van der Waals surface area contributed by atoms with Crippen LogP contribution in [0, 0.1) is 23.2 Å². The van der Waals surface area contributed by atoms with Crippen molar-refractivity contribution in [1.29, 1.82) is 5.26 Å². The minimum Gasteiger partial charge on any atom is -0.245 e. The van der Waals surface area contributed by atoms with Gasteiger partial charge in [0.05, 0.1) is 18.1 Å². The molecule has 1 aromatic rings. The number of nitrogens with zero attached hydrogens (tertiary/aromatic N) is 5. The van der Waals surface area contributed by atoms with Crippen molar-refractivity contribution in [3.63, 3.8) is 0 Å². The molecule has 3 atom stereocenters. The van der Waals surface area contributed by atoms with Crippen molar-refractivity contribution in [3.05, 3.63) is 28.7 Å². The summed E-state index contributed by atoms with van der Waals surface area (Å²) in [5.74, 6) is -2.12. The topological polar surface area (TPSA) is 74.0 Å². The minimum absolute atomic E-state index is 0.0905. The Hall–Kier alpha value is -2.33. The Balaban J connectivity index is 1.67. The van der Waals surface area contributed by atoms with Crippen LogP contribution < -0.4 is 0 Å². The van der Waals surface area contributed by atoms with Crippen LogP contribution in [-0.2, 0) is 17.5 Å². The maximum absolute atomic E-state index is 13.5. The molecule has 30 heavy (non-hydrogen) atoms. The van der Waals surface area contributed by atoms with Gasteiger partial charge in [0.25, 0.3) is 0 Å². The first kappa shape index (κ1) is 20.9. The molecule has 0 spiro atoms. The summed E-state index contributed by atoms with van der Waals surface area (Å²) in [6.07, 6.45) is -8.26. The molecule has 1 aromatic heterocycles. The monoisotopic (exact) mass is 468 g/mol. The Morgan fingerprint density at radius 3 is 2.57 bits per heavy atom. The average Bonchev–Trinajstić information content (AvgIpc) is 3.14. The van der Waals surface area contributed by atoms with Gasteiger partial charge in [0, 0.05) is 12.0 Å². The highest BCUT2D eigenvalue weighted by molar-refractivity contribution is 8.15. The number of nitriles is 1. The molecule has 0 aromatic carbocycles. The molecule has 2 aliphatic heterocycles. The summed E-state index contributed by atoms with van der Waals surface area (Å²) >= 11 is 6.07. The van der Waals surface area contributed by atoms with Crippen molar-refractivity contribution in [2.75, 3.05) is 0 Å². The van der Waals surface area contributed by atoms with Gasteiger partial charge in [-0.15, -0.1) is 0 Å². The van der Waals surface area contributed by atoms with E-state index in [0.717, 1.165) is 15.3 Å². The van der Waals surface area contributed by atoms with E-state index in [1.807, 2.05) is 6.07 Å². The summed E-state index contributed by atoms with van der Waals surface area (Å²) in [7, 11) is 0. The number of thioether (sulfide) groups is 1. The largest absolute Gasteiger partial charge is 0.435 e. The summed E-state index contributed by atoms with van der Waals surface area (Å²) in [4.78, 5) is 16.6. The third kappa shape index (κ3) is 3.62. The molecule has 0 bridgehead atoms. The van der Waals surface area contributed by atoms with Gasteiger partial charge in [-0.1, -0.05) is 11.6 Å². The third-order valence-corrected chi connectivity index (χ3v) is 6.19. The molecule has 0 N–H and O–H groups in total. The van der Waals surface area contributed by atoms with Gasteiger partial charge in [0.1, 0.15) is 17.4 Å². The quantitative estimate of drug-likeness (QED) is 0.501. The first-order chi connectivity index (χ1) is 13.9. The maximum Gasteiger partial charge on any atom is 0.435 e. The fourth-order valence-electron chi connectivity index (χ4n) is 3.24. The van der Waals surface area contributed by atoms with Gasteiger partial charge in [-0.05, 0) is 23.2 Å². The highest BCUT2D eigenvalue weighted by Gasteiger charge is 2.61. The van der Waals surface area contributed by atoms with Crippen molar-refractivity contribution in [3.8, 4) is 6.07 Å². The zero-order chi connectivity index (χ0) is 22.0. The average molecular weight is 469 g/mol. The van der Waals surface area contributed by atoms with Crippen LogP contribution >= 0.6 is 23.4 Å². The van der Waals surface area contributed by atoms with Crippen LogP contribution in [0.25, 0.3) is 0 Å². The number of halogens is 7. The van der Waals surface area contributed by atoms with E-state index in [1.165, 1.54) is 0 Å². The zero-order valence-corrected chi connectivity index (χ0v) is 16.1. The van der Waals surface area contributed by atoms with Crippen LogP contribution in [0.3, 0.4) is 0 Å². The number of allylic oxidation sites excluding steroid dienone is 1. The molecule has 0 saturated heterocycles. The number of fused-ring (bicyclic) bond motifs is 1. The van der Waals surface area contributed by atoms with Crippen molar-refractivity contribution in [2.24, 2.45) is 16.8 Å². The number of carbonyl (C=O) groups is 1. The predicted octanol–water partition coefficient (Wildman–Crippen LogP) is 3.63. The van der Waals surface area contributed by atoms with E-state index in [1.54, 1.807) is 0 Å². The Morgan fingerprint density at radius 1 is 1.33 bits per heavy atom. The summed E-state index contributed by atoms with van der Waals surface area (Å²) in [5.41, 5.74) is -1.56. The molecule has 1 unspecified atom stereocenters. The summed E-state index contributed by atoms with van der Waals surface area (Å²) < 4.78 is 80.5. The van der Waals surface area contributed by atoms with E-state index in [9.17, 15) is 31.1 Å². The lowest BCUT2D eigenvalue weighted by Gasteiger charge is -2.13. The molecule has 1 saturated carbocycles. The van der Waals surface area contributed by atoms with Crippen LogP contribution in [0.2, 0.25) is 5.15 Å². The molecular weight excluding hydrogens is 460 g/mol. The Morgan fingerprint density at radius 2 is 2.03 bits per heavy atom. The van der Waals surface area contributed by atoms with Crippen molar-refractivity contribution >= 4 is 40.1 Å². The van der Waals surface area contributed by atoms with Crippen LogP contribution in [-0.4, -0.2) is 42.6 Å². The van der Waals surface area contributed by atoms with Crippen LogP contribution in [0.4, 0.5) is 26.3 Å². The molecule has 3 heterocycles. The van der Waals surface area contributed by atoms with Gasteiger partial charge >= 0.3 is 23.4 Å². The number of amides is 1. The first-order valence-electron chi connectivity index (χ1n) is 8.33. The lowest BCUT2D eigenvalue weighted by molar-refractivity contribution is -0.331. The van der Waals surface area contributed by atoms with Crippen LogP contribution in [0.5, 0.6) is 0 Å². The smallest absolute Gasteiger partial charge is 0.245 e. The number of alkyl halides is 6. The van der Waals surface area contributed by atoms with Gasteiger partial charge < -0.3 is 0 Å². The normalized spacial score (nSPS) is 26.3. The summed E-state index contributed by atoms with van der Waals surface area (Å²) in [5, 5.41) is 9.66. The van der Waals surface area contributed by atoms with Gasteiger partial charge in [0.15, 0.2) is 16.6 Å². The lowest BCUT2D eigenvalue weighted by atomic mass is 10.1. The zero-order valence-electron chi connectivity index (χ0n) is 14.5. The molecular formula is C16H9ClF6N5OS+. The Labute approximate surface area is 173 Å². The molecule has 6 nitrogen and oxygen atoms in total. The van der Waals surface area contributed by atoms with Crippen molar-refractivity contribution in [2.45, 2.75) is 30.6 Å². The second-order valence-corrected chi connectivity index (χ2v) is 8.21. The lowest BCUT2D eigenvalue weighted by Crippen LogP contribution is -2.37. The Bertz CT molecular complexity index is 1080. The number of hydrogen-bond acceptors (Lipinski definition) is 5. The number of rotatable bonds is 3. The molecule has 1 amide bonds. The second kappa shape index (κ2) is 6.84. The van der Waals surface area contributed by atoms with Crippen molar-refractivity contribution < 1.29 is 35.7 Å². The van der Waals surface area contributed by atoms with E-state index < -0.39 is 47.6 Å². The van der Waals surface area contributed by atoms with Crippen LogP contribution in [0.1, 0.15) is 12.1 Å². The highest BCUT2D eigenvalue weighted by atomic mass is 35.5. The van der Waals surface area contributed by atoms with E-state index in [2.05, 4.69) is 10.1 Å². The van der Waals surface area contributed by atoms with Crippen molar-refractivity contribution in [1.82, 2.24) is 9.78 Å². The van der Waals surface area contributed by atoms with Gasteiger partial charge in [-0.2, -0.15) is 41.3 Å². The van der Waals surface area contributed by atoms with E-state index in [0.29, 0.717) is 17.8 Å².